The summed E-state index contributed by atoms with van der Waals surface area (Å²) in [6.07, 6.45) is 3.07. The molecule has 0 aliphatic heterocycles. The van der Waals surface area contributed by atoms with E-state index in [1.165, 1.54) is 10.4 Å². The molecule has 0 aliphatic rings. The fraction of sp³-hybridized carbons (Fsp3) is 0. The van der Waals surface area contributed by atoms with Crippen LogP contribution in [-0.4, -0.2) is 17.4 Å². The largest absolute Gasteiger partial charge is 0.443 e. The molecule has 0 N–H and O–H groups in total. The topological polar surface area (TPSA) is 65.1 Å². The van der Waals surface area contributed by atoms with Crippen LogP contribution >= 0.6 is 0 Å². The zero-order valence-corrected chi connectivity index (χ0v) is 14.9. The standard InChI is InChI=1S/C21H14N2O3S/c24-27(25,16-6-2-1-3-7-16)23-13-18(17-8-4-5-9-20(17)23)15-10-11-19-21(12-15)26-14-22-19/h1-14H. The van der Waals surface area contributed by atoms with Crippen LogP contribution in [-0.2, 0) is 10.0 Å². The molecule has 27 heavy (non-hydrogen) atoms. The molecule has 2 heterocycles. The fourth-order valence-corrected chi connectivity index (χ4v) is 4.70. The first kappa shape index (κ1) is 15.8. The van der Waals surface area contributed by atoms with Gasteiger partial charge in [-0.15, -0.1) is 0 Å². The van der Waals surface area contributed by atoms with Gasteiger partial charge in [-0.05, 0) is 35.9 Å². The molecule has 3 aromatic carbocycles. The number of benzene rings is 3. The fourth-order valence-electron chi connectivity index (χ4n) is 3.31. The summed E-state index contributed by atoms with van der Waals surface area (Å²) in [6, 6.07) is 21.6. The Hall–Kier alpha value is -3.38. The second-order valence-electron chi connectivity index (χ2n) is 6.21. The Balaban J connectivity index is 1.78. The molecule has 0 aliphatic carbocycles. The monoisotopic (exact) mass is 374 g/mol. The molecule has 0 amide bonds. The normalized spacial score (nSPS) is 12.0. The number of hydrogen-bond acceptors (Lipinski definition) is 4. The zero-order valence-electron chi connectivity index (χ0n) is 14.1. The van der Waals surface area contributed by atoms with Gasteiger partial charge >= 0.3 is 0 Å². The van der Waals surface area contributed by atoms with Crippen LogP contribution in [0.3, 0.4) is 0 Å². The molecule has 132 valence electrons. The summed E-state index contributed by atoms with van der Waals surface area (Å²) in [5.41, 5.74) is 3.75. The highest BCUT2D eigenvalue weighted by Gasteiger charge is 2.21. The van der Waals surface area contributed by atoms with Crippen molar-refractivity contribution in [1.29, 1.82) is 0 Å². The van der Waals surface area contributed by atoms with Crippen molar-refractivity contribution in [1.82, 2.24) is 8.96 Å². The van der Waals surface area contributed by atoms with Crippen molar-refractivity contribution >= 4 is 32.0 Å². The van der Waals surface area contributed by atoms with Crippen molar-refractivity contribution in [3.63, 3.8) is 0 Å². The van der Waals surface area contributed by atoms with Crippen LogP contribution in [0.1, 0.15) is 0 Å². The molecule has 5 aromatic rings. The molecule has 5 nitrogen and oxygen atoms in total. The molecule has 6 heteroatoms. The summed E-state index contributed by atoms with van der Waals surface area (Å²) in [5, 5.41) is 0.857. The lowest BCUT2D eigenvalue weighted by molar-refractivity contribution is 0.589. The van der Waals surface area contributed by atoms with Gasteiger partial charge in [-0.1, -0.05) is 42.5 Å². The molecule has 0 fully saturated rings. The lowest BCUT2D eigenvalue weighted by atomic mass is 10.0. The smallest absolute Gasteiger partial charge is 0.268 e. The van der Waals surface area contributed by atoms with E-state index < -0.39 is 10.0 Å². The van der Waals surface area contributed by atoms with Crippen LogP contribution in [0.15, 0.2) is 94.7 Å². The third-order valence-electron chi connectivity index (χ3n) is 4.62. The molecular weight excluding hydrogens is 360 g/mol. The number of nitrogens with zero attached hydrogens (tertiary/aromatic N) is 2. The molecule has 0 atom stereocenters. The number of para-hydroxylation sites is 1. The minimum Gasteiger partial charge on any atom is -0.443 e. The number of fused-ring (bicyclic) bond motifs is 2. The Kier molecular flexibility index (Phi) is 3.42. The van der Waals surface area contributed by atoms with Crippen molar-refractivity contribution in [2.45, 2.75) is 4.90 Å². The van der Waals surface area contributed by atoms with E-state index in [1.54, 1.807) is 36.5 Å². The van der Waals surface area contributed by atoms with E-state index in [-0.39, 0.29) is 4.90 Å². The predicted molar refractivity (Wildman–Crippen MR) is 104 cm³/mol. The molecule has 0 saturated carbocycles. The van der Waals surface area contributed by atoms with E-state index in [1.807, 2.05) is 42.5 Å². The first-order valence-electron chi connectivity index (χ1n) is 8.39. The second kappa shape index (κ2) is 5.82. The summed E-state index contributed by atoms with van der Waals surface area (Å²) in [4.78, 5) is 4.38. The minimum atomic E-state index is -3.70. The zero-order chi connectivity index (χ0) is 18.4. The van der Waals surface area contributed by atoms with Crippen molar-refractivity contribution < 1.29 is 12.8 Å². The minimum absolute atomic E-state index is 0.253. The van der Waals surface area contributed by atoms with Crippen molar-refractivity contribution in [2.24, 2.45) is 0 Å². The maximum Gasteiger partial charge on any atom is 0.268 e. The molecular formula is C21H14N2O3S. The Morgan fingerprint density at radius 1 is 0.889 bits per heavy atom. The van der Waals surface area contributed by atoms with E-state index in [0.717, 1.165) is 22.0 Å². The molecule has 2 aromatic heterocycles. The maximum atomic E-state index is 13.2. The van der Waals surface area contributed by atoms with Gasteiger partial charge in [-0.2, -0.15) is 0 Å². The van der Waals surface area contributed by atoms with Crippen LogP contribution in [0, 0.1) is 0 Å². The van der Waals surface area contributed by atoms with Crippen LogP contribution in [0.25, 0.3) is 33.1 Å². The first-order chi connectivity index (χ1) is 13.1. The first-order valence-corrected chi connectivity index (χ1v) is 9.83. The van der Waals surface area contributed by atoms with Crippen molar-refractivity contribution in [3.8, 4) is 11.1 Å². The van der Waals surface area contributed by atoms with Crippen LogP contribution in [0.5, 0.6) is 0 Å². The van der Waals surface area contributed by atoms with Gasteiger partial charge in [0.2, 0.25) is 0 Å². The van der Waals surface area contributed by atoms with Gasteiger partial charge in [0.1, 0.15) is 5.52 Å². The lowest BCUT2D eigenvalue weighted by Crippen LogP contribution is -2.11. The number of hydrogen-bond donors (Lipinski definition) is 0. The second-order valence-corrected chi connectivity index (χ2v) is 8.02. The van der Waals surface area contributed by atoms with E-state index in [0.29, 0.717) is 11.1 Å². The molecule has 0 radical (unpaired) electrons. The summed E-state index contributed by atoms with van der Waals surface area (Å²) in [6.45, 7) is 0. The van der Waals surface area contributed by atoms with Gasteiger partial charge in [-0.3, -0.25) is 0 Å². The Bertz CT molecular complexity index is 1380. The van der Waals surface area contributed by atoms with Crippen LogP contribution in [0.4, 0.5) is 0 Å². The third kappa shape index (κ3) is 2.45. The van der Waals surface area contributed by atoms with Gasteiger partial charge in [0.15, 0.2) is 12.0 Å². The average molecular weight is 374 g/mol. The highest BCUT2D eigenvalue weighted by atomic mass is 32.2. The molecule has 0 saturated heterocycles. The quantitative estimate of drug-likeness (QED) is 0.460. The van der Waals surface area contributed by atoms with E-state index in [2.05, 4.69) is 4.98 Å². The van der Waals surface area contributed by atoms with E-state index in [9.17, 15) is 8.42 Å². The Morgan fingerprint density at radius 3 is 2.52 bits per heavy atom. The Morgan fingerprint density at radius 2 is 1.67 bits per heavy atom. The highest BCUT2D eigenvalue weighted by molar-refractivity contribution is 7.90. The molecule has 5 rings (SSSR count). The molecule has 0 unspecified atom stereocenters. The van der Waals surface area contributed by atoms with E-state index in [4.69, 9.17) is 4.42 Å². The average Bonchev–Trinajstić information content (AvgIpc) is 3.33. The summed E-state index contributed by atoms with van der Waals surface area (Å²) >= 11 is 0. The number of rotatable bonds is 3. The van der Waals surface area contributed by atoms with Gasteiger partial charge in [0.25, 0.3) is 10.0 Å². The van der Waals surface area contributed by atoms with Gasteiger partial charge in [0.05, 0.1) is 10.4 Å². The van der Waals surface area contributed by atoms with Gasteiger partial charge in [-0.25, -0.2) is 17.4 Å². The predicted octanol–water partition coefficient (Wildman–Crippen LogP) is 4.69. The Labute approximate surface area is 155 Å². The summed E-state index contributed by atoms with van der Waals surface area (Å²) in [7, 11) is -3.70. The molecule has 0 spiro atoms. The van der Waals surface area contributed by atoms with Gasteiger partial charge < -0.3 is 4.42 Å². The highest BCUT2D eigenvalue weighted by Crippen LogP contribution is 2.34. The van der Waals surface area contributed by atoms with Crippen molar-refractivity contribution in [2.75, 3.05) is 0 Å². The number of aromatic nitrogens is 2. The van der Waals surface area contributed by atoms with Crippen LogP contribution < -0.4 is 0 Å². The van der Waals surface area contributed by atoms with E-state index >= 15 is 0 Å². The van der Waals surface area contributed by atoms with Crippen LogP contribution in [0.2, 0.25) is 0 Å². The lowest BCUT2D eigenvalue weighted by Gasteiger charge is -2.07. The summed E-state index contributed by atoms with van der Waals surface area (Å²) < 4.78 is 33.1. The third-order valence-corrected chi connectivity index (χ3v) is 6.31. The maximum absolute atomic E-state index is 13.2. The van der Waals surface area contributed by atoms with Crippen molar-refractivity contribution in [3.05, 3.63) is 85.4 Å². The number of oxazole rings is 1. The van der Waals surface area contributed by atoms with Gasteiger partial charge in [0, 0.05) is 17.1 Å². The molecule has 0 bridgehead atoms. The summed E-state index contributed by atoms with van der Waals surface area (Å²) in [5.74, 6) is 0. The SMILES string of the molecule is O=S(=O)(c1ccccc1)n1cc(-c2ccc3ncoc3c2)c2ccccc21.